The Morgan fingerprint density at radius 1 is 1.38 bits per heavy atom. The second-order valence-electron chi connectivity index (χ2n) is 6.26. The van der Waals surface area contributed by atoms with Crippen LogP contribution >= 0.6 is 0 Å². The van der Waals surface area contributed by atoms with Gasteiger partial charge in [0.1, 0.15) is 5.60 Å². The maximum Gasteiger partial charge on any atom is 0.408 e. The van der Waals surface area contributed by atoms with Crippen LogP contribution in [0.1, 0.15) is 32.4 Å². The fourth-order valence-corrected chi connectivity index (χ4v) is 2.07. The minimum atomic E-state index is -0.548. The van der Waals surface area contributed by atoms with E-state index in [1.54, 1.807) is 44.4 Å². The van der Waals surface area contributed by atoms with E-state index in [1.807, 2.05) is 6.07 Å². The van der Waals surface area contributed by atoms with E-state index in [1.165, 1.54) is 0 Å². The highest BCUT2D eigenvalue weighted by Gasteiger charge is 2.17. The molecule has 0 aliphatic rings. The fourth-order valence-electron chi connectivity index (χ4n) is 2.07. The number of fused-ring (bicyclic) bond motifs is 1. The summed E-state index contributed by atoms with van der Waals surface area (Å²) in [6, 6.07) is 3.61. The number of rotatable bonds is 3. The number of nitrogens with one attached hydrogen (secondary N) is 1. The molecule has 0 unspecified atom stereocenters. The summed E-state index contributed by atoms with van der Waals surface area (Å²) in [6.45, 7) is 7.37. The number of amides is 1. The number of aromatic nitrogens is 5. The van der Waals surface area contributed by atoms with Crippen LogP contribution in [0.25, 0.3) is 17.1 Å². The Bertz CT molecular complexity index is 877. The van der Waals surface area contributed by atoms with Crippen molar-refractivity contribution < 1.29 is 14.1 Å². The molecule has 126 valence electrons. The molecule has 0 aliphatic carbocycles. The van der Waals surface area contributed by atoms with Crippen LogP contribution in [-0.4, -0.2) is 36.4 Å². The second kappa shape index (κ2) is 5.91. The van der Waals surface area contributed by atoms with Gasteiger partial charge in [0.05, 0.1) is 6.54 Å². The number of pyridine rings is 1. The van der Waals surface area contributed by atoms with Crippen LogP contribution in [0.5, 0.6) is 0 Å². The lowest BCUT2D eigenvalue weighted by Crippen LogP contribution is -2.32. The molecule has 0 fully saturated rings. The summed E-state index contributed by atoms with van der Waals surface area (Å²) in [4.78, 5) is 15.9. The molecule has 0 radical (unpaired) electrons. The lowest BCUT2D eigenvalue weighted by molar-refractivity contribution is 0.0522. The Labute approximate surface area is 138 Å². The van der Waals surface area contributed by atoms with Gasteiger partial charge < -0.3 is 14.6 Å². The van der Waals surface area contributed by atoms with E-state index < -0.39 is 11.7 Å². The Hall–Kier alpha value is -2.97. The first-order valence-electron chi connectivity index (χ1n) is 7.43. The fraction of sp³-hybridized carbons (Fsp3) is 0.400. The minimum Gasteiger partial charge on any atom is -0.444 e. The zero-order chi connectivity index (χ0) is 17.3. The standard InChI is InChI=1S/C15H18N6O3/c1-9-17-13(24-20-9)10-5-6-21-11(7-10)18-19-12(21)8-16-14(22)23-15(2,3)4/h5-7H,8H2,1-4H3,(H,16,22). The summed E-state index contributed by atoms with van der Waals surface area (Å²) in [5, 5.41) is 14.6. The van der Waals surface area contributed by atoms with Gasteiger partial charge in [0.15, 0.2) is 17.3 Å². The molecule has 0 saturated heterocycles. The molecule has 0 atom stereocenters. The molecule has 3 aromatic rings. The summed E-state index contributed by atoms with van der Waals surface area (Å²) in [7, 11) is 0. The summed E-state index contributed by atoms with van der Waals surface area (Å²) in [5.74, 6) is 1.57. The van der Waals surface area contributed by atoms with Crippen molar-refractivity contribution in [3.63, 3.8) is 0 Å². The molecule has 0 aliphatic heterocycles. The number of alkyl carbamates (subject to hydrolysis) is 1. The van der Waals surface area contributed by atoms with Crippen molar-refractivity contribution >= 4 is 11.7 Å². The number of nitrogens with zero attached hydrogens (tertiary/aromatic N) is 5. The van der Waals surface area contributed by atoms with Gasteiger partial charge in [-0.3, -0.25) is 4.40 Å². The highest BCUT2D eigenvalue weighted by atomic mass is 16.6. The van der Waals surface area contributed by atoms with Crippen LogP contribution < -0.4 is 5.32 Å². The molecule has 0 aromatic carbocycles. The van der Waals surface area contributed by atoms with Gasteiger partial charge >= 0.3 is 6.09 Å². The molecule has 0 saturated carbocycles. The number of hydrogen-bond donors (Lipinski definition) is 1. The first-order valence-corrected chi connectivity index (χ1v) is 7.43. The average molecular weight is 330 g/mol. The van der Waals surface area contributed by atoms with E-state index in [9.17, 15) is 4.79 Å². The quantitative estimate of drug-likeness (QED) is 0.783. The maximum absolute atomic E-state index is 11.7. The van der Waals surface area contributed by atoms with Crippen LogP contribution in [0.2, 0.25) is 0 Å². The number of ether oxygens (including phenoxy) is 1. The molecule has 3 aromatic heterocycles. The molecule has 1 amide bonds. The topological polar surface area (TPSA) is 107 Å². The molecule has 0 bridgehead atoms. The molecule has 3 rings (SSSR count). The molecule has 1 N–H and O–H groups in total. The SMILES string of the molecule is Cc1noc(-c2ccn3c(CNC(=O)OC(C)(C)C)nnc3c2)n1. The minimum absolute atomic E-state index is 0.203. The van der Waals surface area contributed by atoms with Crippen molar-refractivity contribution in [3.05, 3.63) is 30.0 Å². The van der Waals surface area contributed by atoms with Gasteiger partial charge in [-0.15, -0.1) is 10.2 Å². The lowest BCUT2D eigenvalue weighted by Gasteiger charge is -2.19. The predicted octanol–water partition coefficient (Wildman–Crippen LogP) is 2.11. The predicted molar refractivity (Wildman–Crippen MR) is 84.1 cm³/mol. The van der Waals surface area contributed by atoms with Gasteiger partial charge in [-0.1, -0.05) is 5.16 Å². The van der Waals surface area contributed by atoms with Gasteiger partial charge in [0.2, 0.25) is 0 Å². The van der Waals surface area contributed by atoms with E-state index in [4.69, 9.17) is 9.26 Å². The van der Waals surface area contributed by atoms with Crippen LogP contribution in [-0.2, 0) is 11.3 Å². The molecule has 9 nitrogen and oxygen atoms in total. The number of carbonyl (C=O) groups excluding carboxylic acids is 1. The third-order valence-corrected chi connectivity index (χ3v) is 3.04. The summed E-state index contributed by atoms with van der Waals surface area (Å²) in [5.41, 5.74) is 0.820. The zero-order valence-electron chi connectivity index (χ0n) is 13.9. The smallest absolute Gasteiger partial charge is 0.408 e. The Morgan fingerprint density at radius 3 is 2.83 bits per heavy atom. The van der Waals surface area contributed by atoms with E-state index in [0.717, 1.165) is 5.56 Å². The van der Waals surface area contributed by atoms with E-state index >= 15 is 0 Å². The van der Waals surface area contributed by atoms with Gasteiger partial charge in [0.25, 0.3) is 5.89 Å². The monoisotopic (exact) mass is 330 g/mol. The number of hydrogen-bond acceptors (Lipinski definition) is 7. The van der Waals surface area contributed by atoms with Gasteiger partial charge in [0, 0.05) is 11.8 Å². The first kappa shape index (κ1) is 15.9. The van der Waals surface area contributed by atoms with Crippen LogP contribution in [0.4, 0.5) is 4.79 Å². The highest BCUT2D eigenvalue weighted by Crippen LogP contribution is 2.18. The Balaban J connectivity index is 1.75. The highest BCUT2D eigenvalue weighted by molar-refractivity contribution is 5.67. The van der Waals surface area contributed by atoms with E-state index in [0.29, 0.717) is 23.2 Å². The Kier molecular flexibility index (Phi) is 3.92. The van der Waals surface area contributed by atoms with E-state index in [-0.39, 0.29) is 6.54 Å². The van der Waals surface area contributed by atoms with Crippen molar-refractivity contribution in [3.8, 4) is 11.5 Å². The summed E-state index contributed by atoms with van der Waals surface area (Å²) in [6.07, 6.45) is 1.29. The zero-order valence-corrected chi connectivity index (χ0v) is 13.9. The number of carbonyl (C=O) groups is 1. The van der Waals surface area contributed by atoms with Crippen molar-refractivity contribution in [1.29, 1.82) is 0 Å². The third-order valence-electron chi connectivity index (χ3n) is 3.04. The largest absolute Gasteiger partial charge is 0.444 e. The number of aryl methyl sites for hydroxylation is 1. The summed E-state index contributed by atoms with van der Waals surface area (Å²) >= 11 is 0. The molecular formula is C15H18N6O3. The van der Waals surface area contributed by atoms with Gasteiger partial charge in [-0.2, -0.15) is 4.98 Å². The van der Waals surface area contributed by atoms with Crippen molar-refractivity contribution in [2.45, 2.75) is 39.8 Å². The summed E-state index contributed by atoms with van der Waals surface area (Å²) < 4.78 is 12.1. The second-order valence-corrected chi connectivity index (χ2v) is 6.26. The van der Waals surface area contributed by atoms with E-state index in [2.05, 4.69) is 25.7 Å². The molecule has 24 heavy (non-hydrogen) atoms. The van der Waals surface area contributed by atoms with Crippen molar-refractivity contribution in [2.75, 3.05) is 0 Å². The average Bonchev–Trinajstić information content (AvgIpc) is 3.09. The van der Waals surface area contributed by atoms with Gasteiger partial charge in [-0.05, 0) is 39.8 Å². The third kappa shape index (κ3) is 3.50. The first-order chi connectivity index (χ1) is 11.3. The maximum atomic E-state index is 11.7. The lowest BCUT2D eigenvalue weighted by atomic mass is 10.2. The molecular weight excluding hydrogens is 312 g/mol. The van der Waals surface area contributed by atoms with Crippen LogP contribution in [0, 0.1) is 6.92 Å². The van der Waals surface area contributed by atoms with Crippen molar-refractivity contribution in [1.82, 2.24) is 30.1 Å². The molecule has 3 heterocycles. The van der Waals surface area contributed by atoms with Crippen LogP contribution in [0.3, 0.4) is 0 Å². The molecule has 0 spiro atoms. The van der Waals surface area contributed by atoms with Crippen molar-refractivity contribution in [2.24, 2.45) is 0 Å². The normalized spacial score (nSPS) is 11.7. The van der Waals surface area contributed by atoms with Crippen LogP contribution in [0.15, 0.2) is 22.9 Å². The Morgan fingerprint density at radius 2 is 2.17 bits per heavy atom. The van der Waals surface area contributed by atoms with Gasteiger partial charge in [-0.25, -0.2) is 4.79 Å². The molecule has 9 heteroatoms.